The maximum atomic E-state index is 9.83. The fourth-order valence-corrected chi connectivity index (χ4v) is 5.27. The molecular formula is C24H35IO3S. The lowest BCUT2D eigenvalue weighted by atomic mass is 9.87. The van der Waals surface area contributed by atoms with Crippen LogP contribution >= 0.6 is 0 Å². The Morgan fingerprint density at radius 2 is 1.10 bits per heavy atom. The Morgan fingerprint density at radius 1 is 0.759 bits per heavy atom. The average molecular weight is 531 g/mol. The van der Waals surface area contributed by atoms with Gasteiger partial charge >= 0.3 is 21.2 Å². The summed E-state index contributed by atoms with van der Waals surface area (Å²) in [6, 6.07) is 18.4. The highest BCUT2D eigenvalue weighted by atomic mass is 127. The molecule has 0 radical (unpaired) electrons. The molecule has 3 nitrogen and oxygen atoms in total. The molecule has 0 atom stereocenters. The summed E-state index contributed by atoms with van der Waals surface area (Å²) in [5.74, 6) is -0.219. The van der Waals surface area contributed by atoms with E-state index in [-0.39, 0.29) is 37.8 Å². The molecule has 0 aromatic heterocycles. The first-order valence-electron chi connectivity index (χ1n) is 10.0. The van der Waals surface area contributed by atoms with Crippen LogP contribution in [-0.2, 0) is 20.9 Å². The fourth-order valence-electron chi connectivity index (χ4n) is 2.47. The van der Waals surface area contributed by atoms with Gasteiger partial charge in [-0.2, -0.15) is 0 Å². The molecule has 0 N–H and O–H groups in total. The van der Waals surface area contributed by atoms with Crippen molar-refractivity contribution in [1.29, 1.82) is 0 Å². The molecule has 0 saturated carbocycles. The van der Waals surface area contributed by atoms with Gasteiger partial charge in [0.2, 0.25) is 0 Å². The van der Waals surface area contributed by atoms with Gasteiger partial charge in [-0.05, 0) is 52.6 Å². The van der Waals surface area contributed by atoms with Crippen molar-refractivity contribution < 1.29 is 34.2 Å². The Morgan fingerprint density at radius 3 is 1.31 bits per heavy atom. The molecule has 2 rings (SSSR count). The minimum atomic E-state index is -3.94. The standard InChI is InChI=1S/C20H26I.C4H10O3S/c1-19(2,3)15-7-11-17(12-8-15)21-18-13-9-16(10-14-18)20(4,5)6;1-2-3-4-8(5,6)7/h7-14H,1-6H3;2-4H2,1H3,(H,5,6,7)/q+1;/p-1. The molecule has 0 heterocycles. The summed E-state index contributed by atoms with van der Waals surface area (Å²) in [6.45, 7) is 15.4. The zero-order valence-electron chi connectivity index (χ0n) is 18.8. The Balaban J connectivity index is 0.000000447. The van der Waals surface area contributed by atoms with Crippen molar-refractivity contribution in [3.8, 4) is 0 Å². The van der Waals surface area contributed by atoms with E-state index in [9.17, 15) is 13.0 Å². The monoisotopic (exact) mass is 530 g/mol. The summed E-state index contributed by atoms with van der Waals surface area (Å²) in [6.07, 6.45) is 1.23. The van der Waals surface area contributed by atoms with Crippen LogP contribution in [0, 0.1) is 7.14 Å². The van der Waals surface area contributed by atoms with Crippen LogP contribution in [0.25, 0.3) is 0 Å². The lowest BCUT2D eigenvalue weighted by Crippen LogP contribution is -3.61. The van der Waals surface area contributed by atoms with E-state index in [1.807, 2.05) is 6.92 Å². The SMILES string of the molecule is CC(C)(C)c1ccc([I+]c2ccc(C(C)(C)C)cc2)cc1.CCCCS(=O)(=O)[O-]. The zero-order chi connectivity index (χ0) is 22.3. The first-order valence-corrected chi connectivity index (χ1v) is 13.8. The van der Waals surface area contributed by atoms with Crippen LogP contribution in [-0.4, -0.2) is 18.7 Å². The van der Waals surface area contributed by atoms with E-state index in [0.29, 0.717) is 6.42 Å². The van der Waals surface area contributed by atoms with Gasteiger partial charge in [-0.25, -0.2) is 8.42 Å². The van der Waals surface area contributed by atoms with Gasteiger partial charge in [-0.1, -0.05) is 79.2 Å². The maximum Gasteiger partial charge on any atom is 0.357 e. The minimum absolute atomic E-state index is 0.0703. The van der Waals surface area contributed by atoms with Gasteiger partial charge in [0.25, 0.3) is 0 Å². The van der Waals surface area contributed by atoms with E-state index >= 15 is 0 Å². The number of halogens is 1. The lowest BCUT2D eigenvalue weighted by Gasteiger charge is -2.18. The second-order valence-corrected chi connectivity index (χ2v) is 13.8. The zero-order valence-corrected chi connectivity index (χ0v) is 21.7. The summed E-state index contributed by atoms with van der Waals surface area (Å²) in [4.78, 5) is 0. The van der Waals surface area contributed by atoms with Gasteiger partial charge in [-0.3, -0.25) is 0 Å². The summed E-state index contributed by atoms with van der Waals surface area (Å²) < 4.78 is 32.5. The van der Waals surface area contributed by atoms with Gasteiger partial charge in [0, 0.05) is 5.75 Å². The molecule has 2 aromatic carbocycles. The minimum Gasteiger partial charge on any atom is -0.748 e. The van der Waals surface area contributed by atoms with Crippen molar-refractivity contribution in [3.63, 3.8) is 0 Å². The highest BCUT2D eigenvalue weighted by Crippen LogP contribution is 2.21. The maximum absolute atomic E-state index is 9.83. The second-order valence-electron chi connectivity index (χ2n) is 9.22. The van der Waals surface area contributed by atoms with Crippen molar-refractivity contribution in [2.24, 2.45) is 0 Å². The van der Waals surface area contributed by atoms with Crippen LogP contribution in [0.4, 0.5) is 0 Å². The predicted octanol–water partition coefficient (Wildman–Crippen LogP) is 2.74. The van der Waals surface area contributed by atoms with Crippen molar-refractivity contribution in [3.05, 3.63) is 66.8 Å². The summed E-state index contributed by atoms with van der Waals surface area (Å²) in [7, 11) is -3.94. The normalized spacial score (nSPS) is 12.3. The third-order valence-corrected chi connectivity index (χ3v) is 7.86. The van der Waals surface area contributed by atoms with E-state index in [4.69, 9.17) is 0 Å². The summed E-state index contributed by atoms with van der Waals surface area (Å²) >= 11 is -0.0703. The largest absolute Gasteiger partial charge is 0.748 e. The number of rotatable bonds is 5. The van der Waals surface area contributed by atoms with Gasteiger partial charge in [0.15, 0.2) is 7.14 Å². The molecule has 162 valence electrons. The molecule has 0 saturated heterocycles. The quantitative estimate of drug-likeness (QED) is 0.442. The van der Waals surface area contributed by atoms with E-state index in [0.717, 1.165) is 6.42 Å². The molecule has 29 heavy (non-hydrogen) atoms. The van der Waals surface area contributed by atoms with Gasteiger partial charge in [0.1, 0.15) is 0 Å². The molecule has 0 unspecified atom stereocenters. The van der Waals surface area contributed by atoms with Crippen molar-refractivity contribution >= 4 is 10.1 Å². The lowest BCUT2D eigenvalue weighted by molar-refractivity contribution is -0.597. The summed E-state index contributed by atoms with van der Waals surface area (Å²) in [5.41, 5.74) is 3.31. The van der Waals surface area contributed by atoms with Crippen molar-refractivity contribution in [1.82, 2.24) is 0 Å². The van der Waals surface area contributed by atoms with Gasteiger partial charge in [-0.15, -0.1) is 0 Å². The molecule has 0 amide bonds. The predicted molar refractivity (Wildman–Crippen MR) is 117 cm³/mol. The Labute approximate surface area is 188 Å². The molecule has 0 aliphatic carbocycles. The van der Waals surface area contributed by atoms with Gasteiger partial charge < -0.3 is 4.55 Å². The first-order chi connectivity index (χ1) is 13.2. The van der Waals surface area contributed by atoms with Crippen LogP contribution < -0.4 is 21.2 Å². The average Bonchev–Trinajstić information content (AvgIpc) is 2.59. The van der Waals surface area contributed by atoms with E-state index in [1.54, 1.807) is 0 Å². The summed E-state index contributed by atoms with van der Waals surface area (Å²) in [5, 5.41) is 0. The van der Waals surface area contributed by atoms with Crippen LogP contribution in [0.1, 0.15) is 72.4 Å². The van der Waals surface area contributed by atoms with Crippen molar-refractivity contribution in [2.45, 2.75) is 72.1 Å². The number of benzene rings is 2. The Hall–Kier alpha value is -0.920. The third-order valence-electron chi connectivity index (χ3n) is 4.39. The molecule has 0 spiro atoms. The van der Waals surface area contributed by atoms with E-state index in [1.165, 1.54) is 18.3 Å². The number of hydrogen-bond donors (Lipinski definition) is 0. The highest BCUT2D eigenvalue weighted by Gasteiger charge is 2.20. The smallest absolute Gasteiger partial charge is 0.357 e. The topological polar surface area (TPSA) is 57.2 Å². The Bertz CT molecular complexity index is 785. The molecule has 0 aliphatic heterocycles. The Kier molecular flexibility index (Phi) is 9.83. The third kappa shape index (κ3) is 10.6. The van der Waals surface area contributed by atoms with Crippen LogP contribution in [0.15, 0.2) is 48.5 Å². The van der Waals surface area contributed by atoms with Crippen LogP contribution in [0.2, 0.25) is 0 Å². The van der Waals surface area contributed by atoms with Crippen LogP contribution in [0.5, 0.6) is 0 Å². The second kappa shape index (κ2) is 10.9. The van der Waals surface area contributed by atoms with Crippen LogP contribution in [0.3, 0.4) is 0 Å². The molecule has 0 fully saturated rings. The van der Waals surface area contributed by atoms with Gasteiger partial charge in [0.05, 0.1) is 10.1 Å². The van der Waals surface area contributed by atoms with E-state index in [2.05, 4.69) is 90.1 Å². The van der Waals surface area contributed by atoms with E-state index < -0.39 is 10.1 Å². The molecule has 0 aliphatic rings. The molecular weight excluding hydrogens is 495 g/mol. The number of unbranched alkanes of at least 4 members (excludes halogenated alkanes) is 1. The molecule has 0 bridgehead atoms. The highest BCUT2D eigenvalue weighted by molar-refractivity contribution is 7.85. The fraction of sp³-hybridized carbons (Fsp3) is 0.500. The van der Waals surface area contributed by atoms with Crippen molar-refractivity contribution in [2.75, 3.05) is 5.75 Å². The molecule has 5 heteroatoms. The first kappa shape index (κ1) is 26.1. The number of hydrogen-bond acceptors (Lipinski definition) is 3. The molecule has 2 aromatic rings.